The summed E-state index contributed by atoms with van der Waals surface area (Å²) < 4.78 is 51.5. The molecule has 4 rings (SSSR count). The van der Waals surface area contributed by atoms with Crippen molar-refractivity contribution in [3.63, 3.8) is 0 Å². The minimum atomic E-state index is -4.36. The van der Waals surface area contributed by atoms with Crippen LogP contribution in [0.5, 0.6) is 0 Å². The second kappa shape index (κ2) is 10.3. The molecule has 0 aromatic heterocycles. The Kier molecular flexibility index (Phi) is 7.39. The highest BCUT2D eigenvalue weighted by atomic mass is 35.5. The Hall–Kier alpha value is -2.38. The highest BCUT2D eigenvalue weighted by Crippen LogP contribution is 2.39. The number of ether oxygens (including phenoxy) is 2. The maximum Gasteiger partial charge on any atom is 0.416 e. The molecule has 1 saturated heterocycles. The molecule has 0 amide bonds. The first-order valence-electron chi connectivity index (χ1n) is 10.8. The van der Waals surface area contributed by atoms with E-state index in [1.807, 2.05) is 54.6 Å². The van der Waals surface area contributed by atoms with Crippen molar-refractivity contribution in [1.29, 1.82) is 0 Å². The van der Waals surface area contributed by atoms with E-state index in [0.717, 1.165) is 29.8 Å². The van der Waals surface area contributed by atoms with Crippen LogP contribution in [0.2, 0.25) is 5.02 Å². The predicted molar refractivity (Wildman–Crippen MR) is 122 cm³/mol. The minimum absolute atomic E-state index is 0.175. The van der Waals surface area contributed by atoms with Gasteiger partial charge in [-0.25, -0.2) is 0 Å². The zero-order chi connectivity index (χ0) is 23.3. The second-order valence-electron chi connectivity index (χ2n) is 8.12. The van der Waals surface area contributed by atoms with Crippen LogP contribution in [0.15, 0.2) is 78.9 Å². The van der Waals surface area contributed by atoms with Gasteiger partial charge in [-0.05, 0) is 53.9 Å². The molecule has 1 aliphatic heterocycles. The highest BCUT2D eigenvalue weighted by Gasteiger charge is 2.44. The number of alkyl halides is 3. The minimum Gasteiger partial charge on any atom is -0.369 e. The van der Waals surface area contributed by atoms with Gasteiger partial charge in [0.1, 0.15) is 11.7 Å². The second-order valence-corrected chi connectivity index (χ2v) is 8.56. The van der Waals surface area contributed by atoms with Gasteiger partial charge in [-0.15, -0.1) is 0 Å². The summed E-state index contributed by atoms with van der Waals surface area (Å²) in [7, 11) is 0. The molecule has 1 unspecified atom stereocenters. The van der Waals surface area contributed by atoms with Crippen molar-refractivity contribution in [3.8, 4) is 0 Å². The maximum absolute atomic E-state index is 12.9. The first-order valence-corrected chi connectivity index (χ1v) is 11.2. The molecule has 0 aliphatic carbocycles. The summed E-state index contributed by atoms with van der Waals surface area (Å²) in [5.74, 6) is 0. The summed E-state index contributed by atoms with van der Waals surface area (Å²) >= 11 is 6.13. The van der Waals surface area contributed by atoms with Gasteiger partial charge in [0.25, 0.3) is 0 Å². The summed E-state index contributed by atoms with van der Waals surface area (Å²) in [6.07, 6.45) is -4.03. The predicted octanol–water partition coefficient (Wildman–Crippen LogP) is 6.35. The lowest BCUT2D eigenvalue weighted by Gasteiger charge is -2.44. The highest BCUT2D eigenvalue weighted by molar-refractivity contribution is 6.30. The van der Waals surface area contributed by atoms with Crippen molar-refractivity contribution in [1.82, 2.24) is 5.32 Å². The van der Waals surface area contributed by atoms with Crippen molar-refractivity contribution < 1.29 is 22.6 Å². The Morgan fingerprint density at radius 1 is 0.879 bits per heavy atom. The van der Waals surface area contributed by atoms with E-state index >= 15 is 0 Å². The summed E-state index contributed by atoms with van der Waals surface area (Å²) in [5, 5.41) is 3.99. The van der Waals surface area contributed by atoms with Crippen LogP contribution in [-0.2, 0) is 34.5 Å². The zero-order valence-electron chi connectivity index (χ0n) is 17.9. The van der Waals surface area contributed by atoms with Crippen LogP contribution >= 0.6 is 11.6 Å². The monoisotopic (exact) mass is 475 g/mol. The molecule has 0 spiro atoms. The van der Waals surface area contributed by atoms with Crippen LogP contribution in [-0.4, -0.2) is 19.2 Å². The summed E-state index contributed by atoms with van der Waals surface area (Å²) in [6.45, 7) is 1.88. The third-order valence-electron chi connectivity index (χ3n) is 5.93. The molecule has 1 aliphatic rings. The van der Waals surface area contributed by atoms with E-state index in [1.54, 1.807) is 0 Å². The van der Waals surface area contributed by atoms with Crippen LogP contribution in [0.25, 0.3) is 0 Å². The number of halogens is 4. The van der Waals surface area contributed by atoms with Gasteiger partial charge in [-0.2, -0.15) is 13.2 Å². The average molecular weight is 476 g/mol. The largest absolute Gasteiger partial charge is 0.416 e. The molecular weight excluding hydrogens is 451 g/mol. The van der Waals surface area contributed by atoms with Crippen molar-refractivity contribution in [2.75, 3.05) is 13.1 Å². The zero-order valence-corrected chi connectivity index (χ0v) is 18.7. The number of hydrogen-bond donors (Lipinski definition) is 1. The van der Waals surface area contributed by atoms with E-state index in [1.165, 1.54) is 12.1 Å². The summed E-state index contributed by atoms with van der Waals surface area (Å²) in [6, 6.07) is 22.5. The normalized spacial score (nSPS) is 21.2. The lowest BCUT2D eigenvalue weighted by atomic mass is 9.82. The molecule has 2 atom stereocenters. The smallest absolute Gasteiger partial charge is 0.369 e. The van der Waals surface area contributed by atoms with Crippen molar-refractivity contribution >= 4 is 11.6 Å². The molecule has 3 aromatic rings. The third-order valence-corrected chi connectivity index (χ3v) is 6.18. The van der Waals surface area contributed by atoms with Crippen molar-refractivity contribution in [2.45, 2.75) is 37.5 Å². The number of piperidine rings is 1. The Morgan fingerprint density at radius 2 is 1.55 bits per heavy atom. The van der Waals surface area contributed by atoms with Crippen molar-refractivity contribution in [2.24, 2.45) is 0 Å². The third kappa shape index (κ3) is 5.76. The van der Waals surface area contributed by atoms with E-state index in [4.69, 9.17) is 21.1 Å². The SMILES string of the molecule is FC(F)(F)c1ccc(COC2CNCC[C@]2(OCc2ccccc2)c2ccc(Cl)cc2)cc1. The molecule has 1 N–H and O–H groups in total. The van der Waals surface area contributed by atoms with Gasteiger partial charge in [0, 0.05) is 11.6 Å². The van der Waals surface area contributed by atoms with Gasteiger partial charge in [0.2, 0.25) is 0 Å². The molecule has 0 bridgehead atoms. The first kappa shape index (κ1) is 23.8. The van der Waals surface area contributed by atoms with Crippen LogP contribution in [0, 0.1) is 0 Å². The van der Waals surface area contributed by atoms with Crippen LogP contribution < -0.4 is 5.32 Å². The van der Waals surface area contributed by atoms with Crippen molar-refractivity contribution in [3.05, 3.63) is 106 Å². The molecule has 3 aromatic carbocycles. The summed E-state index contributed by atoms with van der Waals surface area (Å²) in [4.78, 5) is 0. The molecule has 3 nitrogen and oxygen atoms in total. The molecule has 0 radical (unpaired) electrons. The Morgan fingerprint density at radius 3 is 2.21 bits per heavy atom. The van der Waals surface area contributed by atoms with E-state index in [2.05, 4.69) is 5.32 Å². The van der Waals surface area contributed by atoms with Crippen LogP contribution in [0.3, 0.4) is 0 Å². The standard InChI is InChI=1S/C26H25ClF3NO2/c27-23-12-10-21(11-13-23)25(33-18-19-4-2-1-3-5-19)14-15-31-16-24(25)32-17-20-6-8-22(9-7-20)26(28,29)30/h1-13,24,31H,14-18H2/t24?,25-/m0/s1. The molecule has 174 valence electrons. The lowest BCUT2D eigenvalue weighted by molar-refractivity contribution is -0.176. The van der Waals surface area contributed by atoms with Gasteiger partial charge in [-0.3, -0.25) is 0 Å². The first-order chi connectivity index (χ1) is 15.9. The Balaban J connectivity index is 1.57. The molecule has 33 heavy (non-hydrogen) atoms. The fraction of sp³-hybridized carbons (Fsp3) is 0.308. The molecule has 1 fully saturated rings. The fourth-order valence-electron chi connectivity index (χ4n) is 4.11. The molecule has 1 heterocycles. The Bertz CT molecular complexity index is 1030. The molecule has 0 saturated carbocycles. The van der Waals surface area contributed by atoms with E-state index in [-0.39, 0.29) is 12.7 Å². The van der Waals surface area contributed by atoms with E-state index in [9.17, 15) is 13.2 Å². The lowest BCUT2D eigenvalue weighted by Crippen LogP contribution is -2.54. The molecular formula is C26H25ClF3NO2. The topological polar surface area (TPSA) is 30.5 Å². The van der Waals surface area contributed by atoms with E-state index in [0.29, 0.717) is 30.2 Å². The van der Waals surface area contributed by atoms with Gasteiger partial charge in [0.05, 0.1) is 18.8 Å². The van der Waals surface area contributed by atoms with Crippen LogP contribution in [0.4, 0.5) is 13.2 Å². The number of benzene rings is 3. The number of nitrogens with one attached hydrogen (secondary N) is 1. The van der Waals surface area contributed by atoms with Gasteiger partial charge in [-0.1, -0.05) is 66.2 Å². The number of rotatable bonds is 7. The summed E-state index contributed by atoms with van der Waals surface area (Å²) in [5.41, 5.74) is 1.28. The molecule has 7 heteroatoms. The van der Waals surface area contributed by atoms with Crippen LogP contribution in [0.1, 0.15) is 28.7 Å². The maximum atomic E-state index is 12.9. The Labute approximate surface area is 196 Å². The number of hydrogen-bond acceptors (Lipinski definition) is 3. The fourth-order valence-corrected chi connectivity index (χ4v) is 4.24. The van der Waals surface area contributed by atoms with Gasteiger partial charge < -0.3 is 14.8 Å². The van der Waals surface area contributed by atoms with Gasteiger partial charge in [0.15, 0.2) is 0 Å². The van der Waals surface area contributed by atoms with Gasteiger partial charge >= 0.3 is 6.18 Å². The quantitative estimate of drug-likeness (QED) is 0.432. The van der Waals surface area contributed by atoms with E-state index < -0.39 is 17.3 Å². The average Bonchev–Trinajstić information content (AvgIpc) is 2.83.